The highest BCUT2D eigenvalue weighted by atomic mass is 19.1. The zero-order chi connectivity index (χ0) is 21.0. The highest BCUT2D eigenvalue weighted by Gasteiger charge is 2.34. The number of carbonyl (C=O) groups excluding carboxylic acids is 3. The first kappa shape index (κ1) is 20.3. The van der Waals surface area contributed by atoms with Crippen LogP contribution in [0.15, 0.2) is 30.7 Å². The third kappa shape index (κ3) is 4.89. The van der Waals surface area contributed by atoms with Crippen LogP contribution in [0.2, 0.25) is 0 Å². The quantitative estimate of drug-likeness (QED) is 0.722. The Morgan fingerprint density at radius 2 is 2.03 bits per heavy atom. The second-order valence-electron chi connectivity index (χ2n) is 6.68. The Bertz CT molecular complexity index is 929. The van der Waals surface area contributed by atoms with Gasteiger partial charge in [0.1, 0.15) is 12.4 Å². The molecule has 9 nitrogen and oxygen atoms in total. The first-order valence-electron chi connectivity index (χ1n) is 9.13. The van der Waals surface area contributed by atoms with Crippen LogP contribution in [0, 0.1) is 5.82 Å². The summed E-state index contributed by atoms with van der Waals surface area (Å²) in [6.07, 6.45) is 3.11. The van der Waals surface area contributed by atoms with Crippen molar-refractivity contribution < 1.29 is 23.5 Å². The van der Waals surface area contributed by atoms with Gasteiger partial charge in [-0.2, -0.15) is 0 Å². The minimum Gasteiger partial charge on any atom is -0.447 e. The largest absolute Gasteiger partial charge is 0.447 e. The van der Waals surface area contributed by atoms with E-state index in [0.29, 0.717) is 24.3 Å². The summed E-state index contributed by atoms with van der Waals surface area (Å²) in [7, 11) is 0. The van der Waals surface area contributed by atoms with Gasteiger partial charge in [-0.15, -0.1) is 0 Å². The number of nitrogens with one attached hydrogen (secondary N) is 2. The topological polar surface area (TPSA) is 106 Å². The van der Waals surface area contributed by atoms with Crippen LogP contribution in [0.25, 0.3) is 5.69 Å². The summed E-state index contributed by atoms with van der Waals surface area (Å²) in [6.45, 7) is 3.59. The summed E-state index contributed by atoms with van der Waals surface area (Å²) in [6, 6.07) is 4.00. The molecule has 3 amide bonds. The van der Waals surface area contributed by atoms with Gasteiger partial charge in [-0.25, -0.2) is 14.2 Å². The van der Waals surface area contributed by atoms with E-state index in [1.165, 1.54) is 31.1 Å². The third-order valence-corrected chi connectivity index (χ3v) is 4.43. The van der Waals surface area contributed by atoms with Crippen molar-refractivity contribution in [2.24, 2.45) is 0 Å². The number of hydrogen-bond donors (Lipinski definition) is 2. The molecule has 0 spiro atoms. The number of aromatic nitrogens is 2. The van der Waals surface area contributed by atoms with Gasteiger partial charge in [0.15, 0.2) is 0 Å². The summed E-state index contributed by atoms with van der Waals surface area (Å²) in [5, 5.41) is 5.32. The molecule has 0 bridgehead atoms. The van der Waals surface area contributed by atoms with Crippen molar-refractivity contribution in [2.45, 2.75) is 26.3 Å². The summed E-state index contributed by atoms with van der Waals surface area (Å²) < 4.78 is 21.4. The molecule has 10 heteroatoms. The number of hydrogen-bond acceptors (Lipinski definition) is 5. The molecule has 1 aromatic heterocycles. The molecular weight excluding hydrogens is 381 g/mol. The minimum atomic E-state index is -0.588. The SMILES string of the molecule is CC(=O)NCCc1cn(-c2ccc(N3C(=O)OCC3CNC(C)=O)cc2F)cn1. The molecule has 1 aliphatic heterocycles. The lowest BCUT2D eigenvalue weighted by molar-refractivity contribution is -0.119. The average Bonchev–Trinajstić information content (AvgIpc) is 3.26. The maximum atomic E-state index is 14.8. The number of ether oxygens (including phenoxy) is 1. The Hall–Kier alpha value is -3.43. The standard InChI is InChI=1S/C19H22FN5O4/c1-12(26)21-6-5-14-9-24(11-23-14)18-4-3-15(7-17(18)20)25-16(8-22-13(2)27)10-29-19(25)28/h3-4,7,9,11,16H,5-6,8,10H2,1-2H3,(H,21,26)(H,22,27). The van der Waals surface area contributed by atoms with Crippen molar-refractivity contribution in [3.8, 4) is 5.69 Å². The number of benzene rings is 1. The molecule has 1 aliphatic rings. The summed E-state index contributed by atoms with van der Waals surface area (Å²) in [5.74, 6) is -0.880. The molecule has 1 atom stereocenters. The number of carbonyl (C=O) groups is 3. The van der Waals surface area contributed by atoms with E-state index in [4.69, 9.17) is 4.74 Å². The Morgan fingerprint density at radius 3 is 2.72 bits per heavy atom. The van der Waals surface area contributed by atoms with Crippen molar-refractivity contribution >= 4 is 23.6 Å². The molecule has 1 aromatic carbocycles. The first-order valence-corrected chi connectivity index (χ1v) is 9.13. The summed E-state index contributed by atoms with van der Waals surface area (Å²) in [4.78, 5) is 39.7. The molecule has 2 aromatic rings. The normalized spacial score (nSPS) is 15.9. The number of halogens is 1. The van der Waals surface area contributed by atoms with E-state index >= 15 is 0 Å². The van der Waals surface area contributed by atoms with Gasteiger partial charge < -0.3 is 19.9 Å². The lowest BCUT2D eigenvalue weighted by atomic mass is 10.2. The number of cyclic esters (lactones) is 1. The van der Waals surface area contributed by atoms with E-state index in [9.17, 15) is 18.8 Å². The Morgan fingerprint density at radius 1 is 1.28 bits per heavy atom. The fourth-order valence-electron chi connectivity index (χ4n) is 3.03. The number of imidazole rings is 1. The van der Waals surface area contributed by atoms with E-state index in [-0.39, 0.29) is 30.7 Å². The Kier molecular flexibility index (Phi) is 6.10. The highest BCUT2D eigenvalue weighted by molar-refractivity contribution is 5.90. The van der Waals surface area contributed by atoms with Crippen molar-refractivity contribution in [1.82, 2.24) is 20.2 Å². The Balaban J connectivity index is 1.74. The van der Waals surface area contributed by atoms with Gasteiger partial charge >= 0.3 is 6.09 Å². The number of nitrogens with zero attached hydrogens (tertiary/aromatic N) is 3. The molecular formula is C19H22FN5O4. The molecule has 1 unspecified atom stereocenters. The van der Waals surface area contributed by atoms with E-state index in [0.717, 1.165) is 0 Å². The Labute approximate surface area is 166 Å². The molecule has 29 heavy (non-hydrogen) atoms. The molecule has 2 heterocycles. The van der Waals surface area contributed by atoms with Crippen LogP contribution in [0.1, 0.15) is 19.5 Å². The molecule has 2 N–H and O–H groups in total. The first-order chi connectivity index (χ1) is 13.8. The monoisotopic (exact) mass is 403 g/mol. The smallest absolute Gasteiger partial charge is 0.414 e. The zero-order valence-electron chi connectivity index (χ0n) is 16.1. The van der Waals surface area contributed by atoms with Crippen LogP contribution in [-0.4, -0.2) is 53.2 Å². The molecule has 1 saturated heterocycles. The van der Waals surface area contributed by atoms with E-state index < -0.39 is 18.0 Å². The maximum Gasteiger partial charge on any atom is 0.414 e. The van der Waals surface area contributed by atoms with Gasteiger partial charge in [0.2, 0.25) is 11.8 Å². The number of amides is 3. The van der Waals surface area contributed by atoms with E-state index in [1.807, 2.05) is 0 Å². The molecule has 154 valence electrons. The van der Waals surface area contributed by atoms with Gasteiger partial charge in [0.25, 0.3) is 0 Å². The second-order valence-corrected chi connectivity index (χ2v) is 6.68. The predicted molar refractivity (Wildman–Crippen MR) is 102 cm³/mol. The maximum absolute atomic E-state index is 14.8. The van der Waals surface area contributed by atoms with E-state index in [1.54, 1.807) is 22.9 Å². The predicted octanol–water partition coefficient (Wildman–Crippen LogP) is 1.15. The zero-order valence-corrected chi connectivity index (χ0v) is 16.1. The van der Waals surface area contributed by atoms with Crippen molar-refractivity contribution in [2.75, 3.05) is 24.6 Å². The van der Waals surface area contributed by atoms with Crippen LogP contribution in [0.5, 0.6) is 0 Å². The lowest BCUT2D eigenvalue weighted by Crippen LogP contribution is -2.42. The fraction of sp³-hybridized carbons (Fsp3) is 0.368. The molecule has 0 aliphatic carbocycles. The van der Waals surface area contributed by atoms with Gasteiger partial charge in [-0.3, -0.25) is 14.5 Å². The summed E-state index contributed by atoms with van der Waals surface area (Å²) in [5.41, 5.74) is 1.33. The van der Waals surface area contributed by atoms with Crippen LogP contribution in [0.4, 0.5) is 14.9 Å². The minimum absolute atomic E-state index is 0.113. The van der Waals surface area contributed by atoms with Crippen molar-refractivity contribution in [3.63, 3.8) is 0 Å². The van der Waals surface area contributed by atoms with Crippen LogP contribution >= 0.6 is 0 Å². The number of anilines is 1. The van der Waals surface area contributed by atoms with Gasteiger partial charge in [0.05, 0.1) is 29.4 Å². The summed E-state index contributed by atoms with van der Waals surface area (Å²) >= 11 is 0. The van der Waals surface area contributed by atoms with Crippen LogP contribution in [-0.2, 0) is 20.7 Å². The van der Waals surface area contributed by atoms with Crippen LogP contribution in [0.3, 0.4) is 0 Å². The highest BCUT2D eigenvalue weighted by Crippen LogP contribution is 2.26. The third-order valence-electron chi connectivity index (χ3n) is 4.43. The van der Waals surface area contributed by atoms with Crippen LogP contribution < -0.4 is 15.5 Å². The average molecular weight is 403 g/mol. The lowest BCUT2D eigenvalue weighted by Gasteiger charge is -2.22. The molecule has 1 fully saturated rings. The fourth-order valence-corrected chi connectivity index (χ4v) is 3.03. The second kappa shape index (κ2) is 8.72. The van der Waals surface area contributed by atoms with Gasteiger partial charge in [0, 0.05) is 39.6 Å². The van der Waals surface area contributed by atoms with Crippen molar-refractivity contribution in [3.05, 3.63) is 42.2 Å². The van der Waals surface area contributed by atoms with Gasteiger partial charge in [-0.1, -0.05) is 0 Å². The van der Waals surface area contributed by atoms with Crippen molar-refractivity contribution in [1.29, 1.82) is 0 Å². The number of rotatable bonds is 7. The molecule has 0 radical (unpaired) electrons. The molecule has 3 rings (SSSR count). The molecule has 0 saturated carbocycles. The van der Waals surface area contributed by atoms with Gasteiger partial charge in [-0.05, 0) is 18.2 Å². The van der Waals surface area contributed by atoms with E-state index in [2.05, 4.69) is 15.6 Å².